The van der Waals surface area contributed by atoms with Gasteiger partial charge in [0.25, 0.3) is 26.0 Å². The van der Waals surface area contributed by atoms with Gasteiger partial charge >= 0.3 is 0 Å². The van der Waals surface area contributed by atoms with E-state index in [1.807, 2.05) is 0 Å². The lowest BCUT2D eigenvalue weighted by atomic mass is 10.2. The number of nitrogens with one attached hydrogen (secondary N) is 3. The van der Waals surface area contributed by atoms with Crippen LogP contribution in [0.2, 0.25) is 5.02 Å². The van der Waals surface area contributed by atoms with Gasteiger partial charge in [-0.3, -0.25) is 14.2 Å². The minimum atomic E-state index is -4.09. The number of hydrogen-bond acceptors (Lipinski definition) is 6. The molecule has 0 fully saturated rings. The van der Waals surface area contributed by atoms with Crippen LogP contribution < -0.4 is 19.5 Å². The standard InChI is InChI=1S/C23H24ClN3O6S2/c1-15(2)25-23(28)19-14-18(12-13-22(19)33-3)35(31,32)26-16-8-10-17(11-9-16)34(29,30)27-21-7-5-4-6-20(21)24/h4-15,26-27H,1-3H3,(H,25,28). The van der Waals surface area contributed by atoms with Gasteiger partial charge in [-0.15, -0.1) is 0 Å². The van der Waals surface area contributed by atoms with Gasteiger partial charge < -0.3 is 10.1 Å². The van der Waals surface area contributed by atoms with E-state index in [9.17, 15) is 21.6 Å². The number of hydrogen-bond donors (Lipinski definition) is 3. The highest BCUT2D eigenvalue weighted by Gasteiger charge is 2.21. The molecule has 0 bridgehead atoms. The van der Waals surface area contributed by atoms with Gasteiger partial charge in [0.2, 0.25) is 0 Å². The summed E-state index contributed by atoms with van der Waals surface area (Å²) in [5.41, 5.74) is 0.414. The summed E-state index contributed by atoms with van der Waals surface area (Å²) in [5.74, 6) is -0.253. The molecule has 0 saturated carbocycles. The van der Waals surface area contributed by atoms with Gasteiger partial charge in [0.05, 0.1) is 33.2 Å². The number of rotatable bonds is 9. The Morgan fingerprint density at radius 3 is 2.06 bits per heavy atom. The van der Waals surface area contributed by atoms with E-state index in [-0.39, 0.29) is 43.5 Å². The number of anilines is 2. The number of para-hydroxylation sites is 1. The molecule has 3 aromatic carbocycles. The second-order valence-corrected chi connectivity index (χ2v) is 11.5. The summed E-state index contributed by atoms with van der Waals surface area (Å²) in [4.78, 5) is 12.2. The number of carbonyl (C=O) groups excluding carboxylic acids is 1. The molecule has 0 aliphatic heterocycles. The summed E-state index contributed by atoms with van der Waals surface area (Å²) in [5, 5.41) is 2.94. The minimum Gasteiger partial charge on any atom is -0.496 e. The van der Waals surface area contributed by atoms with Gasteiger partial charge in [-0.25, -0.2) is 16.8 Å². The molecule has 35 heavy (non-hydrogen) atoms. The molecule has 3 N–H and O–H groups in total. The highest BCUT2D eigenvalue weighted by molar-refractivity contribution is 7.93. The van der Waals surface area contributed by atoms with Crippen molar-refractivity contribution in [3.8, 4) is 5.75 Å². The number of benzene rings is 3. The Balaban J connectivity index is 1.83. The smallest absolute Gasteiger partial charge is 0.261 e. The molecule has 0 spiro atoms. The first-order chi connectivity index (χ1) is 16.4. The molecule has 0 unspecified atom stereocenters. The zero-order chi connectivity index (χ0) is 25.8. The Morgan fingerprint density at radius 2 is 1.46 bits per heavy atom. The van der Waals surface area contributed by atoms with Crippen LogP contribution in [-0.4, -0.2) is 35.9 Å². The van der Waals surface area contributed by atoms with Crippen molar-refractivity contribution in [3.63, 3.8) is 0 Å². The molecule has 12 heteroatoms. The molecule has 3 aromatic rings. The Morgan fingerprint density at radius 1 is 0.857 bits per heavy atom. The molecule has 0 saturated heterocycles. The number of ether oxygens (including phenoxy) is 1. The van der Waals surface area contributed by atoms with Crippen molar-refractivity contribution in [1.29, 1.82) is 0 Å². The number of halogens is 1. The van der Waals surface area contributed by atoms with Crippen LogP contribution in [-0.2, 0) is 20.0 Å². The van der Waals surface area contributed by atoms with Gasteiger partial charge in [0, 0.05) is 11.7 Å². The predicted molar refractivity (Wildman–Crippen MR) is 135 cm³/mol. The topological polar surface area (TPSA) is 131 Å². The third-order valence-corrected chi connectivity index (χ3v) is 7.77. The normalized spacial score (nSPS) is 11.7. The maximum atomic E-state index is 12.9. The Kier molecular flexibility index (Phi) is 7.93. The summed E-state index contributed by atoms with van der Waals surface area (Å²) >= 11 is 6.01. The van der Waals surface area contributed by atoms with Gasteiger partial charge in [-0.2, -0.15) is 0 Å². The van der Waals surface area contributed by atoms with E-state index in [0.29, 0.717) is 0 Å². The van der Waals surface area contributed by atoms with Gasteiger partial charge in [-0.1, -0.05) is 23.7 Å². The molecule has 0 aromatic heterocycles. The highest BCUT2D eigenvalue weighted by Crippen LogP contribution is 2.26. The molecular formula is C23H24ClN3O6S2. The molecule has 0 aliphatic rings. The van der Waals surface area contributed by atoms with Crippen molar-refractivity contribution >= 4 is 48.9 Å². The number of carbonyl (C=O) groups is 1. The average Bonchev–Trinajstić information content (AvgIpc) is 2.79. The number of sulfonamides is 2. The molecule has 186 valence electrons. The molecule has 0 aliphatic carbocycles. The van der Waals surface area contributed by atoms with Crippen LogP contribution >= 0.6 is 11.6 Å². The Bertz CT molecular complexity index is 1440. The van der Waals surface area contributed by atoms with Gasteiger partial charge in [0.1, 0.15) is 5.75 Å². The maximum Gasteiger partial charge on any atom is 0.261 e. The molecule has 1 amide bonds. The molecule has 0 heterocycles. The highest BCUT2D eigenvalue weighted by atomic mass is 35.5. The summed E-state index contributed by atoms with van der Waals surface area (Å²) < 4.78 is 61.1. The fraction of sp³-hybridized carbons (Fsp3) is 0.174. The summed E-state index contributed by atoms with van der Waals surface area (Å²) in [7, 11) is -6.67. The quantitative estimate of drug-likeness (QED) is 0.377. The summed E-state index contributed by atoms with van der Waals surface area (Å²) in [6.45, 7) is 3.56. The number of methoxy groups -OCH3 is 1. The van der Waals surface area contributed by atoms with Crippen LogP contribution in [0.15, 0.2) is 76.5 Å². The first-order valence-electron chi connectivity index (χ1n) is 10.3. The molecule has 0 atom stereocenters. The fourth-order valence-electron chi connectivity index (χ4n) is 3.04. The molecule has 3 rings (SSSR count). The van der Waals surface area contributed by atoms with Crippen LogP contribution in [0, 0.1) is 0 Å². The number of amides is 1. The van der Waals surface area contributed by atoms with E-state index in [2.05, 4.69) is 14.8 Å². The van der Waals surface area contributed by atoms with E-state index in [1.54, 1.807) is 32.0 Å². The van der Waals surface area contributed by atoms with E-state index in [4.69, 9.17) is 16.3 Å². The van der Waals surface area contributed by atoms with E-state index >= 15 is 0 Å². The summed E-state index contributed by atoms with van der Waals surface area (Å²) in [6, 6.07) is 15.3. The zero-order valence-electron chi connectivity index (χ0n) is 19.1. The fourth-order valence-corrected chi connectivity index (χ4v) is 5.44. The van der Waals surface area contributed by atoms with Crippen molar-refractivity contribution < 1.29 is 26.4 Å². The molecular weight excluding hydrogens is 514 g/mol. The van der Waals surface area contributed by atoms with Crippen molar-refractivity contribution in [1.82, 2.24) is 5.32 Å². The van der Waals surface area contributed by atoms with Crippen LogP contribution in [0.5, 0.6) is 5.75 Å². The van der Waals surface area contributed by atoms with Crippen LogP contribution in [0.1, 0.15) is 24.2 Å². The first-order valence-corrected chi connectivity index (χ1v) is 13.7. The third-order valence-electron chi connectivity index (χ3n) is 4.68. The monoisotopic (exact) mass is 537 g/mol. The van der Waals surface area contributed by atoms with Crippen molar-refractivity contribution in [2.75, 3.05) is 16.6 Å². The van der Waals surface area contributed by atoms with Crippen molar-refractivity contribution in [3.05, 3.63) is 77.3 Å². The largest absolute Gasteiger partial charge is 0.496 e. The zero-order valence-corrected chi connectivity index (χ0v) is 21.5. The van der Waals surface area contributed by atoms with Crippen molar-refractivity contribution in [2.45, 2.75) is 29.7 Å². The van der Waals surface area contributed by atoms with Gasteiger partial charge in [-0.05, 0) is 68.4 Å². The second kappa shape index (κ2) is 10.5. The summed E-state index contributed by atoms with van der Waals surface area (Å²) in [6.07, 6.45) is 0. The Labute approximate surface area is 209 Å². The lowest BCUT2D eigenvalue weighted by Crippen LogP contribution is -2.30. The molecule has 9 nitrogen and oxygen atoms in total. The average molecular weight is 538 g/mol. The minimum absolute atomic E-state index is 0.0659. The third kappa shape index (κ3) is 6.44. The lowest BCUT2D eigenvalue weighted by molar-refractivity contribution is 0.0940. The molecule has 0 radical (unpaired) electrons. The predicted octanol–water partition coefficient (Wildman–Crippen LogP) is 4.09. The maximum absolute atomic E-state index is 12.9. The van der Waals surface area contributed by atoms with Gasteiger partial charge in [0.15, 0.2) is 0 Å². The van der Waals surface area contributed by atoms with Crippen LogP contribution in [0.4, 0.5) is 11.4 Å². The lowest BCUT2D eigenvalue weighted by Gasteiger charge is -2.14. The van der Waals surface area contributed by atoms with Crippen molar-refractivity contribution in [2.24, 2.45) is 0 Å². The van der Waals surface area contributed by atoms with E-state index in [0.717, 1.165) is 0 Å². The van der Waals surface area contributed by atoms with Crippen LogP contribution in [0.3, 0.4) is 0 Å². The second-order valence-electron chi connectivity index (χ2n) is 7.71. The van der Waals surface area contributed by atoms with E-state index in [1.165, 1.54) is 55.6 Å². The van der Waals surface area contributed by atoms with Crippen LogP contribution in [0.25, 0.3) is 0 Å². The Hall–Kier alpha value is -3.28. The SMILES string of the molecule is COc1ccc(S(=O)(=O)Nc2ccc(S(=O)(=O)Nc3ccccc3Cl)cc2)cc1C(=O)NC(C)C. The first kappa shape index (κ1) is 26.3. The van der Waals surface area contributed by atoms with E-state index < -0.39 is 26.0 Å².